The van der Waals surface area contributed by atoms with Gasteiger partial charge in [-0.3, -0.25) is 4.79 Å². The van der Waals surface area contributed by atoms with Crippen molar-refractivity contribution >= 4 is 5.97 Å². The number of aryl methyl sites for hydroxylation is 1. The van der Waals surface area contributed by atoms with Crippen molar-refractivity contribution in [2.45, 2.75) is 33.6 Å². The van der Waals surface area contributed by atoms with Gasteiger partial charge in [-0.05, 0) is 13.8 Å². The van der Waals surface area contributed by atoms with Crippen LogP contribution in [-0.2, 0) is 0 Å². The Morgan fingerprint density at radius 3 is 2.55 bits per heavy atom. The maximum atomic E-state index is 11.7. The van der Waals surface area contributed by atoms with E-state index in [1.165, 1.54) is 10.7 Å². The zero-order valence-electron chi connectivity index (χ0n) is 11.8. The molecule has 0 aliphatic carbocycles. The highest BCUT2D eigenvalue weighted by molar-refractivity contribution is 5.90. The number of H-pyrrole nitrogens is 1. The molecule has 7 heteroatoms. The van der Waals surface area contributed by atoms with Crippen LogP contribution in [0.1, 0.15) is 47.3 Å². The van der Waals surface area contributed by atoms with Gasteiger partial charge in [-0.2, -0.15) is 5.10 Å². The second kappa shape index (κ2) is 4.92. The first-order valence-corrected chi connectivity index (χ1v) is 6.22. The second-order valence-corrected chi connectivity index (χ2v) is 4.91. The summed E-state index contributed by atoms with van der Waals surface area (Å²) in [5.41, 5.74) is 0.687. The normalized spacial score (nSPS) is 11.1. The van der Waals surface area contributed by atoms with E-state index in [4.69, 9.17) is 5.11 Å². The Kier molecular flexibility index (Phi) is 3.44. The highest BCUT2D eigenvalue weighted by Crippen LogP contribution is 2.17. The van der Waals surface area contributed by atoms with Crippen LogP contribution in [0.2, 0.25) is 0 Å². The van der Waals surface area contributed by atoms with Crippen LogP contribution in [0.5, 0.6) is 0 Å². The van der Waals surface area contributed by atoms with E-state index in [9.17, 15) is 9.59 Å². The predicted octanol–water partition coefficient (Wildman–Crippen LogP) is 1.39. The van der Waals surface area contributed by atoms with Gasteiger partial charge < -0.3 is 10.1 Å². The molecular weight excluding hydrogens is 260 g/mol. The molecule has 2 heterocycles. The van der Waals surface area contributed by atoms with Gasteiger partial charge >= 0.3 is 5.97 Å². The van der Waals surface area contributed by atoms with Crippen LogP contribution < -0.4 is 5.56 Å². The number of aromatic carboxylic acids is 1. The monoisotopic (exact) mass is 276 g/mol. The molecule has 106 valence electrons. The van der Waals surface area contributed by atoms with Crippen LogP contribution >= 0.6 is 0 Å². The third kappa shape index (κ3) is 2.34. The Morgan fingerprint density at radius 2 is 2.05 bits per heavy atom. The van der Waals surface area contributed by atoms with Crippen molar-refractivity contribution in [3.63, 3.8) is 0 Å². The molecular formula is C13H16N4O3. The van der Waals surface area contributed by atoms with Gasteiger partial charge in [0.2, 0.25) is 0 Å². The van der Waals surface area contributed by atoms with Gasteiger partial charge in [0, 0.05) is 12.0 Å². The first-order valence-electron chi connectivity index (χ1n) is 6.22. The van der Waals surface area contributed by atoms with Gasteiger partial charge in [-0.15, -0.1) is 0 Å². The van der Waals surface area contributed by atoms with Crippen LogP contribution in [-0.4, -0.2) is 30.8 Å². The number of hydrogen-bond acceptors (Lipinski definition) is 4. The van der Waals surface area contributed by atoms with E-state index in [2.05, 4.69) is 15.1 Å². The van der Waals surface area contributed by atoms with E-state index >= 15 is 0 Å². The molecule has 0 aliphatic rings. The average molecular weight is 276 g/mol. The third-order valence-corrected chi connectivity index (χ3v) is 3.02. The molecule has 7 nitrogen and oxygen atoms in total. The number of rotatable bonds is 3. The van der Waals surface area contributed by atoms with E-state index < -0.39 is 5.97 Å². The molecule has 0 aliphatic heterocycles. The van der Waals surface area contributed by atoms with Gasteiger partial charge in [-0.25, -0.2) is 14.5 Å². The summed E-state index contributed by atoms with van der Waals surface area (Å²) in [5, 5.41) is 13.3. The topological polar surface area (TPSA) is 101 Å². The fourth-order valence-corrected chi connectivity index (χ4v) is 2.02. The molecule has 0 spiro atoms. The maximum Gasteiger partial charge on any atom is 0.339 e. The molecule has 0 saturated carbocycles. The van der Waals surface area contributed by atoms with Crippen molar-refractivity contribution in [3.8, 4) is 5.82 Å². The van der Waals surface area contributed by atoms with E-state index in [1.807, 2.05) is 13.8 Å². The summed E-state index contributed by atoms with van der Waals surface area (Å²) in [5.74, 6) is -0.124. The molecule has 0 saturated heterocycles. The standard InChI is InChI=1S/C13H16N4O3/c1-6(2)12-14-9(5-10(18)15-12)17-8(4)11(13(19)20)7(3)16-17/h5-6H,1-4H3,(H,19,20)(H,14,15,18). The summed E-state index contributed by atoms with van der Waals surface area (Å²) in [6.45, 7) is 7.07. The van der Waals surface area contributed by atoms with E-state index in [-0.39, 0.29) is 17.0 Å². The molecule has 0 bridgehead atoms. The summed E-state index contributed by atoms with van der Waals surface area (Å²) in [4.78, 5) is 29.8. The summed E-state index contributed by atoms with van der Waals surface area (Å²) in [7, 11) is 0. The number of carbonyl (C=O) groups is 1. The highest BCUT2D eigenvalue weighted by Gasteiger charge is 2.19. The van der Waals surface area contributed by atoms with Crippen LogP contribution in [0.4, 0.5) is 0 Å². The maximum absolute atomic E-state index is 11.7. The Labute approximate surface area is 115 Å². The predicted molar refractivity (Wildman–Crippen MR) is 72.5 cm³/mol. The Hall–Kier alpha value is -2.44. The summed E-state index contributed by atoms with van der Waals surface area (Å²) >= 11 is 0. The minimum absolute atomic E-state index is 0.0542. The van der Waals surface area contributed by atoms with Crippen LogP contribution in [0.15, 0.2) is 10.9 Å². The fourth-order valence-electron chi connectivity index (χ4n) is 2.02. The zero-order chi connectivity index (χ0) is 15.0. The molecule has 0 atom stereocenters. The van der Waals surface area contributed by atoms with Gasteiger partial charge in [0.25, 0.3) is 5.56 Å². The molecule has 2 N–H and O–H groups in total. The lowest BCUT2D eigenvalue weighted by Crippen LogP contribution is -2.16. The summed E-state index contributed by atoms with van der Waals surface area (Å²) < 4.78 is 1.39. The van der Waals surface area contributed by atoms with Gasteiger partial charge in [0.1, 0.15) is 11.4 Å². The number of nitrogens with one attached hydrogen (secondary N) is 1. The van der Waals surface area contributed by atoms with Gasteiger partial charge in [0.15, 0.2) is 5.82 Å². The second-order valence-electron chi connectivity index (χ2n) is 4.91. The van der Waals surface area contributed by atoms with Crippen molar-refractivity contribution in [1.82, 2.24) is 19.7 Å². The van der Waals surface area contributed by atoms with Crippen molar-refractivity contribution in [3.05, 3.63) is 39.2 Å². The van der Waals surface area contributed by atoms with Crippen LogP contribution in [0.25, 0.3) is 5.82 Å². The molecule has 2 rings (SSSR count). The van der Waals surface area contributed by atoms with E-state index in [1.54, 1.807) is 13.8 Å². The van der Waals surface area contributed by atoms with E-state index in [0.717, 1.165) is 0 Å². The number of nitrogens with zero attached hydrogens (tertiary/aromatic N) is 3. The summed E-state index contributed by atoms with van der Waals surface area (Å²) in [6.07, 6.45) is 0. The first kappa shape index (κ1) is 14.0. The molecule has 0 unspecified atom stereocenters. The number of aromatic nitrogens is 4. The summed E-state index contributed by atoms with van der Waals surface area (Å²) in [6, 6.07) is 1.30. The largest absolute Gasteiger partial charge is 0.478 e. The molecule has 2 aromatic heterocycles. The Balaban J connectivity index is 2.66. The first-order chi connectivity index (χ1) is 9.31. The van der Waals surface area contributed by atoms with Gasteiger partial charge in [0.05, 0.1) is 11.4 Å². The Bertz CT molecular complexity index is 728. The van der Waals surface area contributed by atoms with Gasteiger partial charge in [-0.1, -0.05) is 13.8 Å². The molecule has 0 fully saturated rings. The quantitative estimate of drug-likeness (QED) is 0.882. The zero-order valence-corrected chi connectivity index (χ0v) is 11.8. The van der Waals surface area contributed by atoms with Crippen molar-refractivity contribution < 1.29 is 9.90 Å². The van der Waals surface area contributed by atoms with Crippen molar-refractivity contribution in [2.75, 3.05) is 0 Å². The highest BCUT2D eigenvalue weighted by atomic mass is 16.4. The molecule has 2 aromatic rings. The SMILES string of the molecule is Cc1nn(-c2cc(=O)[nH]c(C(C)C)n2)c(C)c1C(=O)O. The number of aromatic amines is 1. The van der Waals surface area contributed by atoms with Crippen LogP contribution in [0.3, 0.4) is 0 Å². The fraction of sp³-hybridized carbons (Fsp3) is 0.385. The molecule has 0 radical (unpaired) electrons. The molecule has 20 heavy (non-hydrogen) atoms. The smallest absolute Gasteiger partial charge is 0.339 e. The number of carboxylic acid groups (broad SMARTS) is 1. The molecule has 0 aromatic carbocycles. The molecule has 0 amide bonds. The lowest BCUT2D eigenvalue weighted by atomic mass is 10.2. The number of carboxylic acids is 1. The number of hydrogen-bond donors (Lipinski definition) is 2. The minimum Gasteiger partial charge on any atom is -0.478 e. The lowest BCUT2D eigenvalue weighted by Gasteiger charge is -2.08. The van der Waals surface area contributed by atoms with Crippen molar-refractivity contribution in [1.29, 1.82) is 0 Å². The average Bonchev–Trinajstić information content (AvgIpc) is 2.63. The van der Waals surface area contributed by atoms with Crippen molar-refractivity contribution in [2.24, 2.45) is 0 Å². The van der Waals surface area contributed by atoms with E-state index in [0.29, 0.717) is 23.0 Å². The minimum atomic E-state index is -1.04. The lowest BCUT2D eigenvalue weighted by molar-refractivity contribution is 0.0695. The van der Waals surface area contributed by atoms with Crippen LogP contribution in [0, 0.1) is 13.8 Å². The third-order valence-electron chi connectivity index (χ3n) is 3.02. The Morgan fingerprint density at radius 1 is 1.40 bits per heavy atom.